The molecule has 5 nitrogen and oxygen atoms in total. The lowest BCUT2D eigenvalue weighted by Gasteiger charge is -2.16. The van der Waals surface area contributed by atoms with E-state index in [1.165, 1.54) is 141 Å². The summed E-state index contributed by atoms with van der Waals surface area (Å²) in [6, 6.07) is -0.397. The van der Waals surface area contributed by atoms with E-state index in [4.69, 9.17) is 0 Å². The number of Topliss-reactive ketones (excluding diaryl/α,β-unsaturated/α-hetero) is 1. The second kappa shape index (κ2) is 34.5. The Kier molecular flexibility index (Phi) is 33.4. The van der Waals surface area contributed by atoms with E-state index in [-0.39, 0.29) is 17.6 Å². The van der Waals surface area contributed by atoms with E-state index in [9.17, 15) is 14.4 Å². The number of amides is 2. The second-order valence-corrected chi connectivity index (χ2v) is 13.6. The monoisotopic (exact) mass is 621 g/mol. The molecule has 0 rings (SSSR count). The zero-order valence-electron chi connectivity index (χ0n) is 29.9. The molecular weight excluding hydrogens is 544 g/mol. The zero-order chi connectivity index (χ0) is 32.4. The van der Waals surface area contributed by atoms with Crippen LogP contribution in [0.3, 0.4) is 0 Å². The van der Waals surface area contributed by atoms with Gasteiger partial charge in [-0.2, -0.15) is 0 Å². The first-order chi connectivity index (χ1) is 21.5. The summed E-state index contributed by atoms with van der Waals surface area (Å²) < 4.78 is 0. The molecule has 0 bridgehead atoms. The molecular formula is C39H76N2O3. The fourth-order valence-corrected chi connectivity index (χ4v) is 6.04. The van der Waals surface area contributed by atoms with Gasteiger partial charge in [-0.25, -0.2) is 0 Å². The molecule has 2 amide bonds. The number of unbranched alkanes of at least 4 members (excludes halogenated alkanes) is 25. The van der Waals surface area contributed by atoms with Gasteiger partial charge >= 0.3 is 0 Å². The van der Waals surface area contributed by atoms with Crippen molar-refractivity contribution in [3.05, 3.63) is 0 Å². The molecule has 0 aliphatic heterocycles. The van der Waals surface area contributed by atoms with Gasteiger partial charge in [-0.1, -0.05) is 168 Å². The average molecular weight is 621 g/mol. The number of hydrogen-bond acceptors (Lipinski definition) is 3. The fraction of sp³-hybridized carbons (Fsp3) is 0.923. The van der Waals surface area contributed by atoms with Crippen LogP contribution in [0, 0.1) is 0 Å². The van der Waals surface area contributed by atoms with Crippen LogP contribution in [-0.4, -0.2) is 30.2 Å². The lowest BCUT2D eigenvalue weighted by atomic mass is 10.0. The predicted octanol–water partition coefficient (Wildman–Crippen LogP) is 11.3. The highest BCUT2D eigenvalue weighted by Gasteiger charge is 2.16. The van der Waals surface area contributed by atoms with Crippen LogP contribution in [0.2, 0.25) is 0 Å². The van der Waals surface area contributed by atoms with Crippen LogP contribution in [0.15, 0.2) is 0 Å². The van der Waals surface area contributed by atoms with Crippen LogP contribution in [-0.2, 0) is 14.4 Å². The molecule has 260 valence electrons. The van der Waals surface area contributed by atoms with Crippen molar-refractivity contribution in [3.63, 3.8) is 0 Å². The molecule has 0 saturated carbocycles. The molecule has 0 aromatic rings. The third-order valence-electron chi connectivity index (χ3n) is 9.08. The van der Waals surface area contributed by atoms with Crippen molar-refractivity contribution in [1.29, 1.82) is 0 Å². The Hall–Kier alpha value is -1.39. The van der Waals surface area contributed by atoms with E-state index in [1.54, 1.807) is 6.92 Å². The third-order valence-corrected chi connectivity index (χ3v) is 9.08. The van der Waals surface area contributed by atoms with Crippen LogP contribution in [0.25, 0.3) is 0 Å². The predicted molar refractivity (Wildman–Crippen MR) is 190 cm³/mol. The molecule has 1 unspecified atom stereocenters. The van der Waals surface area contributed by atoms with E-state index in [1.807, 2.05) is 0 Å². The van der Waals surface area contributed by atoms with Crippen LogP contribution in [0.4, 0.5) is 0 Å². The fourth-order valence-electron chi connectivity index (χ4n) is 6.04. The van der Waals surface area contributed by atoms with E-state index in [2.05, 4.69) is 24.5 Å². The minimum absolute atomic E-state index is 0.000574. The maximum atomic E-state index is 12.4. The molecule has 2 N–H and O–H groups in total. The standard InChI is InChI=1S/C39H76N2O3/c1-4-6-8-10-12-14-16-18-20-22-24-26-28-33-38(43)40-35-31-30-32-37(36(3)42)41-39(44)34-29-27-25-23-21-19-17-15-13-11-9-7-5-2/h37H,4-35H2,1-3H3,(H,40,43)(H,41,44). The number of hydrogen-bond donors (Lipinski definition) is 2. The van der Waals surface area contributed by atoms with Crippen molar-refractivity contribution in [2.75, 3.05) is 6.54 Å². The molecule has 0 aliphatic rings. The molecule has 0 heterocycles. The molecule has 0 aromatic carbocycles. The molecule has 0 fully saturated rings. The summed E-state index contributed by atoms with van der Waals surface area (Å²) in [4.78, 5) is 36.6. The van der Waals surface area contributed by atoms with Crippen LogP contribution in [0.1, 0.15) is 220 Å². The van der Waals surface area contributed by atoms with Gasteiger partial charge in [-0.05, 0) is 39.0 Å². The lowest BCUT2D eigenvalue weighted by molar-refractivity contribution is -0.127. The van der Waals surface area contributed by atoms with E-state index < -0.39 is 6.04 Å². The SMILES string of the molecule is CCCCCCCCCCCCCCCC(=O)NCCCCC(NC(=O)CCCCCCCCCCCCCCC)C(C)=O. The highest BCUT2D eigenvalue weighted by Crippen LogP contribution is 2.14. The van der Waals surface area contributed by atoms with Gasteiger partial charge in [0.2, 0.25) is 11.8 Å². The minimum Gasteiger partial charge on any atom is -0.356 e. The molecule has 44 heavy (non-hydrogen) atoms. The smallest absolute Gasteiger partial charge is 0.220 e. The lowest BCUT2D eigenvalue weighted by Crippen LogP contribution is -2.39. The van der Waals surface area contributed by atoms with Crippen LogP contribution in [0.5, 0.6) is 0 Å². The molecule has 0 aromatic heterocycles. The molecule has 0 aliphatic carbocycles. The number of carbonyl (C=O) groups is 3. The Labute approximate surface area is 274 Å². The second-order valence-electron chi connectivity index (χ2n) is 13.6. The van der Waals surface area contributed by atoms with Crippen molar-refractivity contribution in [2.24, 2.45) is 0 Å². The maximum absolute atomic E-state index is 12.4. The Bertz CT molecular complexity index is 651. The molecule has 0 radical (unpaired) electrons. The van der Waals surface area contributed by atoms with Crippen molar-refractivity contribution < 1.29 is 14.4 Å². The molecule has 5 heteroatoms. The van der Waals surface area contributed by atoms with Crippen molar-refractivity contribution in [3.8, 4) is 0 Å². The molecule has 0 spiro atoms. The van der Waals surface area contributed by atoms with Crippen LogP contribution >= 0.6 is 0 Å². The Morgan fingerprint density at radius 2 is 0.773 bits per heavy atom. The summed E-state index contributed by atoms with van der Waals surface area (Å²) in [6.45, 7) is 6.75. The van der Waals surface area contributed by atoms with Crippen molar-refractivity contribution >= 4 is 17.6 Å². The highest BCUT2D eigenvalue weighted by atomic mass is 16.2. The van der Waals surface area contributed by atoms with Gasteiger partial charge in [0.25, 0.3) is 0 Å². The summed E-state index contributed by atoms with van der Waals surface area (Å²) in [7, 11) is 0. The summed E-state index contributed by atoms with van der Waals surface area (Å²) >= 11 is 0. The Balaban J connectivity index is 3.60. The first-order valence-corrected chi connectivity index (χ1v) is 19.6. The number of rotatable bonds is 35. The van der Waals surface area contributed by atoms with Crippen LogP contribution < -0.4 is 10.6 Å². The number of carbonyl (C=O) groups excluding carboxylic acids is 3. The highest BCUT2D eigenvalue weighted by molar-refractivity contribution is 5.87. The summed E-state index contributed by atoms with van der Waals surface area (Å²) in [5.74, 6) is 0.164. The normalized spacial score (nSPS) is 11.9. The first kappa shape index (κ1) is 42.6. The number of nitrogens with one attached hydrogen (secondary N) is 2. The summed E-state index contributed by atoms with van der Waals surface area (Å²) in [5.41, 5.74) is 0. The third kappa shape index (κ3) is 32.0. The topological polar surface area (TPSA) is 75.3 Å². The van der Waals surface area contributed by atoms with Gasteiger partial charge in [0, 0.05) is 19.4 Å². The number of ketones is 1. The first-order valence-electron chi connectivity index (χ1n) is 19.6. The van der Waals surface area contributed by atoms with Crippen molar-refractivity contribution in [2.45, 2.75) is 226 Å². The minimum atomic E-state index is -0.397. The van der Waals surface area contributed by atoms with E-state index >= 15 is 0 Å². The summed E-state index contributed by atoms with van der Waals surface area (Å²) in [6.07, 6.45) is 37.3. The van der Waals surface area contributed by atoms with Gasteiger partial charge in [0.05, 0.1) is 6.04 Å². The van der Waals surface area contributed by atoms with E-state index in [0.717, 1.165) is 38.5 Å². The summed E-state index contributed by atoms with van der Waals surface area (Å²) in [5, 5.41) is 5.98. The van der Waals surface area contributed by atoms with Gasteiger partial charge in [0.15, 0.2) is 5.78 Å². The van der Waals surface area contributed by atoms with Gasteiger partial charge in [-0.3, -0.25) is 14.4 Å². The maximum Gasteiger partial charge on any atom is 0.220 e. The van der Waals surface area contributed by atoms with Crippen molar-refractivity contribution in [1.82, 2.24) is 10.6 Å². The average Bonchev–Trinajstić information content (AvgIpc) is 3.00. The molecule has 1 atom stereocenters. The largest absolute Gasteiger partial charge is 0.356 e. The van der Waals surface area contributed by atoms with Gasteiger partial charge < -0.3 is 10.6 Å². The van der Waals surface area contributed by atoms with Gasteiger partial charge in [-0.15, -0.1) is 0 Å². The quantitative estimate of drug-likeness (QED) is 0.0692. The van der Waals surface area contributed by atoms with Gasteiger partial charge in [0.1, 0.15) is 0 Å². The Morgan fingerprint density at radius 1 is 0.432 bits per heavy atom. The molecule has 0 saturated heterocycles. The van der Waals surface area contributed by atoms with E-state index in [0.29, 0.717) is 25.8 Å². The zero-order valence-corrected chi connectivity index (χ0v) is 29.9. The Morgan fingerprint density at radius 3 is 1.14 bits per heavy atom.